The van der Waals surface area contributed by atoms with Crippen molar-refractivity contribution in [1.29, 1.82) is 0 Å². The Morgan fingerprint density at radius 1 is 1.24 bits per heavy atom. The molecule has 0 saturated heterocycles. The fraction of sp³-hybridized carbons (Fsp3) is 0.333. The standard InChI is InChI=1S/C12H12F2O3/c1-3-17-12(16)11(7(2)15)8-4-9(13)6-10(14)5-8/h4-6,11H,3H2,1-2H3. The van der Waals surface area contributed by atoms with E-state index >= 15 is 0 Å². The Morgan fingerprint density at radius 2 is 1.76 bits per heavy atom. The Bertz CT molecular complexity index is 423. The van der Waals surface area contributed by atoms with E-state index in [9.17, 15) is 18.4 Å². The number of ether oxygens (including phenoxy) is 1. The van der Waals surface area contributed by atoms with Crippen molar-refractivity contribution in [2.75, 3.05) is 6.61 Å². The summed E-state index contributed by atoms with van der Waals surface area (Å²) in [6.45, 7) is 2.85. The molecule has 0 N–H and O–H groups in total. The topological polar surface area (TPSA) is 43.4 Å². The van der Waals surface area contributed by atoms with Gasteiger partial charge < -0.3 is 4.74 Å². The SMILES string of the molecule is CCOC(=O)C(C(C)=O)c1cc(F)cc(F)c1. The summed E-state index contributed by atoms with van der Waals surface area (Å²) in [6, 6.07) is 2.57. The Balaban J connectivity index is 3.14. The van der Waals surface area contributed by atoms with E-state index in [4.69, 9.17) is 4.74 Å². The van der Waals surface area contributed by atoms with E-state index in [0.29, 0.717) is 6.07 Å². The van der Waals surface area contributed by atoms with Crippen molar-refractivity contribution in [2.45, 2.75) is 19.8 Å². The first kappa shape index (κ1) is 13.3. The lowest BCUT2D eigenvalue weighted by Crippen LogP contribution is -2.22. The zero-order chi connectivity index (χ0) is 13.0. The molecule has 1 aromatic carbocycles. The summed E-state index contributed by atoms with van der Waals surface area (Å²) in [6.07, 6.45) is 0. The number of benzene rings is 1. The maximum absolute atomic E-state index is 13.0. The highest BCUT2D eigenvalue weighted by molar-refractivity contribution is 6.03. The van der Waals surface area contributed by atoms with Gasteiger partial charge in [-0.05, 0) is 31.5 Å². The van der Waals surface area contributed by atoms with Crippen LogP contribution in [-0.2, 0) is 14.3 Å². The first-order valence-corrected chi connectivity index (χ1v) is 5.08. The van der Waals surface area contributed by atoms with Crippen LogP contribution in [0.3, 0.4) is 0 Å². The third kappa shape index (κ3) is 3.34. The molecule has 17 heavy (non-hydrogen) atoms. The minimum atomic E-state index is -1.28. The molecule has 1 atom stereocenters. The van der Waals surface area contributed by atoms with Crippen molar-refractivity contribution in [3.8, 4) is 0 Å². The predicted octanol–water partition coefficient (Wildman–Crippen LogP) is 2.20. The average Bonchev–Trinajstić information content (AvgIpc) is 2.15. The Morgan fingerprint density at radius 3 is 2.18 bits per heavy atom. The first-order chi connectivity index (χ1) is 7.95. The van der Waals surface area contributed by atoms with Crippen LogP contribution >= 0.6 is 0 Å². The second kappa shape index (κ2) is 5.52. The minimum Gasteiger partial charge on any atom is -0.465 e. The highest BCUT2D eigenvalue weighted by Crippen LogP contribution is 2.21. The summed E-state index contributed by atoms with van der Waals surface area (Å²) in [7, 11) is 0. The molecular weight excluding hydrogens is 230 g/mol. The molecule has 0 spiro atoms. The summed E-state index contributed by atoms with van der Waals surface area (Å²) < 4.78 is 30.7. The number of ketones is 1. The van der Waals surface area contributed by atoms with Gasteiger partial charge >= 0.3 is 5.97 Å². The molecule has 1 rings (SSSR count). The maximum atomic E-state index is 13.0. The largest absolute Gasteiger partial charge is 0.465 e. The van der Waals surface area contributed by atoms with Crippen molar-refractivity contribution in [2.24, 2.45) is 0 Å². The summed E-state index contributed by atoms with van der Waals surface area (Å²) in [5, 5.41) is 0. The fourth-order valence-corrected chi connectivity index (χ4v) is 1.50. The fourth-order valence-electron chi connectivity index (χ4n) is 1.50. The van der Waals surface area contributed by atoms with Crippen LogP contribution < -0.4 is 0 Å². The van der Waals surface area contributed by atoms with Crippen LogP contribution in [0.2, 0.25) is 0 Å². The molecule has 92 valence electrons. The van der Waals surface area contributed by atoms with Crippen LogP contribution in [0.5, 0.6) is 0 Å². The lowest BCUT2D eigenvalue weighted by molar-refractivity contribution is -0.147. The maximum Gasteiger partial charge on any atom is 0.320 e. The van der Waals surface area contributed by atoms with Crippen molar-refractivity contribution in [3.05, 3.63) is 35.4 Å². The highest BCUT2D eigenvalue weighted by atomic mass is 19.1. The molecule has 0 radical (unpaired) electrons. The second-order valence-electron chi connectivity index (χ2n) is 3.50. The van der Waals surface area contributed by atoms with E-state index in [1.807, 2.05) is 0 Å². The number of halogens is 2. The number of hydrogen-bond donors (Lipinski definition) is 0. The van der Waals surface area contributed by atoms with Crippen LogP contribution in [0, 0.1) is 11.6 Å². The van der Waals surface area contributed by atoms with Gasteiger partial charge in [0.15, 0.2) is 0 Å². The zero-order valence-corrected chi connectivity index (χ0v) is 9.50. The van der Waals surface area contributed by atoms with E-state index in [-0.39, 0.29) is 12.2 Å². The highest BCUT2D eigenvalue weighted by Gasteiger charge is 2.27. The number of hydrogen-bond acceptors (Lipinski definition) is 3. The van der Waals surface area contributed by atoms with Gasteiger partial charge in [0.25, 0.3) is 0 Å². The number of carbonyl (C=O) groups is 2. The molecule has 1 aromatic rings. The average molecular weight is 242 g/mol. The van der Waals surface area contributed by atoms with Crippen LogP contribution in [0.4, 0.5) is 8.78 Å². The molecule has 0 aliphatic carbocycles. The van der Waals surface area contributed by atoms with Crippen molar-refractivity contribution in [3.63, 3.8) is 0 Å². The zero-order valence-electron chi connectivity index (χ0n) is 9.50. The second-order valence-corrected chi connectivity index (χ2v) is 3.50. The van der Waals surface area contributed by atoms with Gasteiger partial charge in [0.1, 0.15) is 23.3 Å². The van der Waals surface area contributed by atoms with Crippen LogP contribution in [-0.4, -0.2) is 18.4 Å². The molecule has 0 aliphatic rings. The van der Waals surface area contributed by atoms with Gasteiger partial charge in [-0.2, -0.15) is 0 Å². The molecule has 0 heterocycles. The van der Waals surface area contributed by atoms with Gasteiger partial charge in [-0.3, -0.25) is 9.59 Å². The molecule has 0 fully saturated rings. The molecule has 3 nitrogen and oxygen atoms in total. The van der Waals surface area contributed by atoms with Gasteiger partial charge in [-0.1, -0.05) is 0 Å². The normalized spacial score (nSPS) is 12.0. The van der Waals surface area contributed by atoms with E-state index in [0.717, 1.165) is 12.1 Å². The third-order valence-electron chi connectivity index (χ3n) is 2.15. The minimum absolute atomic E-state index is 0.0338. The van der Waals surface area contributed by atoms with Gasteiger partial charge in [0.2, 0.25) is 0 Å². The Labute approximate surface area is 97.4 Å². The number of esters is 1. The van der Waals surface area contributed by atoms with Crippen molar-refractivity contribution < 1.29 is 23.1 Å². The van der Waals surface area contributed by atoms with Crippen molar-refractivity contribution >= 4 is 11.8 Å². The summed E-state index contributed by atoms with van der Waals surface area (Å²) in [5.41, 5.74) is -0.0338. The number of carbonyl (C=O) groups excluding carboxylic acids is 2. The van der Waals surface area contributed by atoms with Gasteiger partial charge in [-0.15, -0.1) is 0 Å². The quantitative estimate of drug-likeness (QED) is 0.600. The van der Waals surface area contributed by atoms with Crippen LogP contribution in [0.25, 0.3) is 0 Å². The number of Topliss-reactive ketones (excluding diaryl/α,β-unsaturated/α-hetero) is 1. The molecule has 1 unspecified atom stereocenters. The predicted molar refractivity (Wildman–Crippen MR) is 56.4 cm³/mol. The Kier molecular flexibility index (Phi) is 4.31. The summed E-state index contributed by atoms with van der Waals surface area (Å²) >= 11 is 0. The lowest BCUT2D eigenvalue weighted by Gasteiger charge is -2.13. The molecule has 5 heteroatoms. The molecule has 0 amide bonds. The van der Waals surface area contributed by atoms with E-state index < -0.39 is 29.3 Å². The number of rotatable bonds is 4. The molecule has 0 aliphatic heterocycles. The summed E-state index contributed by atoms with van der Waals surface area (Å²) in [5.74, 6) is -4.27. The van der Waals surface area contributed by atoms with Gasteiger partial charge in [0, 0.05) is 6.07 Å². The van der Waals surface area contributed by atoms with Crippen LogP contribution in [0.15, 0.2) is 18.2 Å². The Hall–Kier alpha value is -1.78. The van der Waals surface area contributed by atoms with E-state index in [1.165, 1.54) is 6.92 Å². The smallest absolute Gasteiger partial charge is 0.320 e. The molecule has 0 saturated carbocycles. The monoisotopic (exact) mass is 242 g/mol. The summed E-state index contributed by atoms with van der Waals surface area (Å²) in [4.78, 5) is 22.9. The van der Waals surface area contributed by atoms with Gasteiger partial charge in [-0.25, -0.2) is 8.78 Å². The lowest BCUT2D eigenvalue weighted by atomic mass is 9.95. The molecule has 0 aromatic heterocycles. The molecular formula is C12H12F2O3. The first-order valence-electron chi connectivity index (χ1n) is 5.08. The van der Waals surface area contributed by atoms with E-state index in [2.05, 4.69) is 0 Å². The van der Waals surface area contributed by atoms with E-state index in [1.54, 1.807) is 6.92 Å². The van der Waals surface area contributed by atoms with Gasteiger partial charge in [0.05, 0.1) is 6.61 Å². The van der Waals surface area contributed by atoms with Crippen molar-refractivity contribution in [1.82, 2.24) is 0 Å². The third-order valence-corrected chi connectivity index (χ3v) is 2.15. The van der Waals surface area contributed by atoms with Crippen LogP contribution in [0.1, 0.15) is 25.3 Å². The molecule has 0 bridgehead atoms.